The molecule has 1 fully saturated rings. The molecule has 0 amide bonds. The van der Waals surface area contributed by atoms with Crippen molar-refractivity contribution in [1.82, 2.24) is 10.2 Å². The second-order valence-electron chi connectivity index (χ2n) is 6.46. The van der Waals surface area contributed by atoms with E-state index in [0.717, 1.165) is 24.9 Å². The molecular weight excluding hydrogens is 220 g/mol. The summed E-state index contributed by atoms with van der Waals surface area (Å²) in [6, 6.07) is 0.693. The van der Waals surface area contributed by atoms with Gasteiger partial charge in [-0.15, -0.1) is 0 Å². The summed E-state index contributed by atoms with van der Waals surface area (Å²) in [5, 5.41) is 3.59. The van der Waals surface area contributed by atoms with Gasteiger partial charge in [-0.3, -0.25) is 0 Å². The number of nitrogens with one attached hydrogen (secondary N) is 1. The zero-order valence-electron chi connectivity index (χ0n) is 13.0. The molecule has 1 aliphatic carbocycles. The Morgan fingerprint density at radius 1 is 1.17 bits per heavy atom. The van der Waals surface area contributed by atoms with Crippen LogP contribution in [0.1, 0.15) is 59.3 Å². The van der Waals surface area contributed by atoms with Gasteiger partial charge in [0.05, 0.1) is 0 Å². The predicted molar refractivity (Wildman–Crippen MR) is 81.0 cm³/mol. The molecule has 1 rings (SSSR count). The van der Waals surface area contributed by atoms with Crippen molar-refractivity contribution in [3.8, 4) is 0 Å². The fraction of sp³-hybridized carbons (Fsp3) is 1.00. The number of rotatable bonds is 8. The lowest BCUT2D eigenvalue weighted by Gasteiger charge is -2.35. The summed E-state index contributed by atoms with van der Waals surface area (Å²) >= 11 is 0. The minimum atomic E-state index is 0.693. The molecule has 2 heteroatoms. The van der Waals surface area contributed by atoms with Gasteiger partial charge >= 0.3 is 0 Å². The van der Waals surface area contributed by atoms with Crippen molar-refractivity contribution in [2.75, 3.05) is 26.7 Å². The fourth-order valence-electron chi connectivity index (χ4n) is 3.24. The van der Waals surface area contributed by atoms with Crippen molar-refractivity contribution in [3.05, 3.63) is 0 Å². The lowest BCUT2D eigenvalue weighted by atomic mass is 9.88. The van der Waals surface area contributed by atoms with Crippen LogP contribution in [0.15, 0.2) is 0 Å². The van der Waals surface area contributed by atoms with Crippen LogP contribution in [0.2, 0.25) is 0 Å². The van der Waals surface area contributed by atoms with Crippen molar-refractivity contribution in [1.29, 1.82) is 0 Å². The number of nitrogens with zero attached hydrogens (tertiary/aromatic N) is 1. The molecule has 1 aliphatic rings. The lowest BCUT2D eigenvalue weighted by Crippen LogP contribution is -2.45. The second-order valence-corrected chi connectivity index (χ2v) is 6.46. The maximum atomic E-state index is 3.59. The van der Waals surface area contributed by atoms with E-state index in [1.54, 1.807) is 0 Å². The summed E-state index contributed by atoms with van der Waals surface area (Å²) < 4.78 is 0. The quantitative estimate of drug-likeness (QED) is 0.667. The van der Waals surface area contributed by atoms with Gasteiger partial charge in [-0.05, 0) is 44.7 Å². The summed E-state index contributed by atoms with van der Waals surface area (Å²) in [5.74, 6) is 1.69. The van der Waals surface area contributed by atoms with E-state index in [9.17, 15) is 0 Å². The molecule has 0 aliphatic heterocycles. The maximum Gasteiger partial charge on any atom is 0.0240 e. The third kappa shape index (κ3) is 5.71. The van der Waals surface area contributed by atoms with Crippen LogP contribution in [-0.4, -0.2) is 37.6 Å². The third-order valence-corrected chi connectivity index (χ3v) is 4.39. The molecule has 1 N–H and O–H groups in total. The van der Waals surface area contributed by atoms with E-state index >= 15 is 0 Å². The van der Waals surface area contributed by atoms with Crippen LogP contribution in [0.25, 0.3) is 0 Å². The largest absolute Gasteiger partial charge is 0.315 e. The summed E-state index contributed by atoms with van der Waals surface area (Å²) in [6.07, 6.45) is 8.52. The van der Waals surface area contributed by atoms with Crippen LogP contribution in [-0.2, 0) is 0 Å². The third-order valence-electron chi connectivity index (χ3n) is 4.39. The number of hydrogen-bond acceptors (Lipinski definition) is 2. The van der Waals surface area contributed by atoms with Gasteiger partial charge in [-0.1, -0.05) is 40.0 Å². The number of likely N-dealkylation sites (N-methyl/N-ethyl adjacent to an activating group) is 1. The minimum absolute atomic E-state index is 0.693. The average Bonchev–Trinajstić information content (AvgIpc) is 2.35. The molecule has 1 saturated carbocycles. The summed E-state index contributed by atoms with van der Waals surface area (Å²) in [5.41, 5.74) is 0. The SMILES string of the molecule is CCCNCC(C(C)C)N(C)CC1CCCCC1. The molecule has 0 radical (unpaired) electrons. The van der Waals surface area contributed by atoms with Gasteiger partial charge in [0.2, 0.25) is 0 Å². The van der Waals surface area contributed by atoms with Crippen LogP contribution < -0.4 is 5.32 Å². The smallest absolute Gasteiger partial charge is 0.0240 e. The Bertz CT molecular complexity index is 197. The van der Waals surface area contributed by atoms with E-state index in [0.29, 0.717) is 6.04 Å². The first kappa shape index (κ1) is 16.0. The highest BCUT2D eigenvalue weighted by Crippen LogP contribution is 2.25. The highest BCUT2D eigenvalue weighted by Gasteiger charge is 2.22. The molecule has 0 spiro atoms. The normalized spacial score (nSPS) is 19.7. The Morgan fingerprint density at radius 2 is 1.83 bits per heavy atom. The Kier molecular flexibility index (Phi) is 7.92. The zero-order valence-corrected chi connectivity index (χ0v) is 13.0. The first-order valence-electron chi connectivity index (χ1n) is 8.06. The van der Waals surface area contributed by atoms with Crippen LogP contribution in [0, 0.1) is 11.8 Å². The average molecular weight is 254 g/mol. The van der Waals surface area contributed by atoms with Crippen molar-refractivity contribution in [2.45, 2.75) is 65.3 Å². The molecule has 2 nitrogen and oxygen atoms in total. The minimum Gasteiger partial charge on any atom is -0.315 e. The first-order chi connectivity index (χ1) is 8.65. The van der Waals surface area contributed by atoms with Gasteiger partial charge in [0.15, 0.2) is 0 Å². The van der Waals surface area contributed by atoms with Crippen LogP contribution in [0.5, 0.6) is 0 Å². The molecule has 0 bridgehead atoms. The summed E-state index contributed by atoms with van der Waals surface area (Å²) in [6.45, 7) is 10.6. The van der Waals surface area contributed by atoms with Crippen molar-refractivity contribution < 1.29 is 0 Å². The standard InChI is InChI=1S/C16H34N2/c1-5-11-17-12-16(14(2)3)18(4)13-15-9-7-6-8-10-15/h14-17H,5-13H2,1-4H3. The van der Waals surface area contributed by atoms with Gasteiger partial charge in [0.1, 0.15) is 0 Å². The Hall–Kier alpha value is -0.0800. The Morgan fingerprint density at radius 3 is 2.39 bits per heavy atom. The molecule has 1 unspecified atom stereocenters. The first-order valence-corrected chi connectivity index (χ1v) is 8.06. The van der Waals surface area contributed by atoms with E-state index in [4.69, 9.17) is 0 Å². The van der Waals surface area contributed by atoms with Crippen LogP contribution in [0.3, 0.4) is 0 Å². The van der Waals surface area contributed by atoms with Crippen molar-refractivity contribution in [3.63, 3.8) is 0 Å². The Balaban J connectivity index is 2.35. The lowest BCUT2D eigenvalue weighted by molar-refractivity contribution is 0.146. The van der Waals surface area contributed by atoms with Gasteiger partial charge in [-0.2, -0.15) is 0 Å². The molecule has 0 heterocycles. The predicted octanol–water partition coefficient (Wildman–Crippen LogP) is 3.52. The fourth-order valence-corrected chi connectivity index (χ4v) is 3.24. The Labute approximate surface area is 115 Å². The molecule has 0 aromatic heterocycles. The monoisotopic (exact) mass is 254 g/mol. The molecule has 1 atom stereocenters. The van der Waals surface area contributed by atoms with E-state index in [-0.39, 0.29) is 0 Å². The summed E-state index contributed by atoms with van der Waals surface area (Å²) in [4.78, 5) is 2.61. The van der Waals surface area contributed by atoms with E-state index in [1.165, 1.54) is 45.1 Å². The zero-order chi connectivity index (χ0) is 13.4. The number of hydrogen-bond donors (Lipinski definition) is 1. The topological polar surface area (TPSA) is 15.3 Å². The second kappa shape index (κ2) is 8.92. The van der Waals surface area contributed by atoms with Gasteiger partial charge < -0.3 is 10.2 Å². The van der Waals surface area contributed by atoms with Gasteiger partial charge in [0, 0.05) is 19.1 Å². The molecule has 0 saturated heterocycles. The van der Waals surface area contributed by atoms with Gasteiger partial charge in [-0.25, -0.2) is 0 Å². The molecular formula is C16H34N2. The molecule has 18 heavy (non-hydrogen) atoms. The maximum absolute atomic E-state index is 3.59. The van der Waals surface area contributed by atoms with Crippen molar-refractivity contribution >= 4 is 0 Å². The van der Waals surface area contributed by atoms with E-state index in [1.807, 2.05) is 0 Å². The molecule has 0 aromatic rings. The van der Waals surface area contributed by atoms with Crippen LogP contribution in [0.4, 0.5) is 0 Å². The highest BCUT2D eigenvalue weighted by molar-refractivity contribution is 4.78. The highest BCUT2D eigenvalue weighted by atomic mass is 15.2. The van der Waals surface area contributed by atoms with Gasteiger partial charge in [0.25, 0.3) is 0 Å². The van der Waals surface area contributed by atoms with Crippen molar-refractivity contribution in [2.24, 2.45) is 11.8 Å². The van der Waals surface area contributed by atoms with Crippen LogP contribution >= 0.6 is 0 Å². The van der Waals surface area contributed by atoms with E-state index in [2.05, 4.69) is 38.0 Å². The van der Waals surface area contributed by atoms with E-state index < -0.39 is 0 Å². The summed E-state index contributed by atoms with van der Waals surface area (Å²) in [7, 11) is 2.33. The molecule has 0 aromatic carbocycles. The molecule has 108 valence electrons.